The minimum Gasteiger partial charge on any atom is -0.484 e. The predicted octanol–water partition coefficient (Wildman–Crippen LogP) is 3.52. The molecule has 2 aromatic heterocycles. The second-order valence-electron chi connectivity index (χ2n) is 5.65. The van der Waals surface area contributed by atoms with E-state index in [4.69, 9.17) is 4.74 Å². The van der Waals surface area contributed by atoms with Gasteiger partial charge in [0.25, 0.3) is 5.91 Å². The zero-order valence-corrected chi connectivity index (χ0v) is 15.0. The van der Waals surface area contributed by atoms with E-state index < -0.39 is 0 Å². The molecule has 5 nitrogen and oxygen atoms in total. The number of aromatic nitrogens is 2. The number of hydrogen-bond donors (Lipinski definition) is 1. The highest BCUT2D eigenvalue weighted by Gasteiger charge is 2.11. The largest absolute Gasteiger partial charge is 0.484 e. The first-order valence-corrected chi connectivity index (χ1v) is 8.76. The average molecular weight is 353 g/mol. The summed E-state index contributed by atoms with van der Waals surface area (Å²) in [5, 5.41) is 3.79. The number of carbonyl (C=O) groups is 1. The summed E-state index contributed by atoms with van der Waals surface area (Å²) < 4.78 is 5.51. The van der Waals surface area contributed by atoms with Gasteiger partial charge < -0.3 is 10.1 Å². The van der Waals surface area contributed by atoms with Crippen LogP contribution >= 0.6 is 11.3 Å². The summed E-state index contributed by atoms with van der Waals surface area (Å²) in [5.41, 5.74) is 3.00. The Morgan fingerprint density at radius 3 is 2.88 bits per heavy atom. The topological polar surface area (TPSA) is 64.1 Å². The fourth-order valence-electron chi connectivity index (χ4n) is 2.29. The Morgan fingerprint density at radius 1 is 1.24 bits per heavy atom. The number of nitrogens with one attached hydrogen (secondary N) is 1. The molecule has 0 saturated heterocycles. The summed E-state index contributed by atoms with van der Waals surface area (Å²) in [7, 11) is 0. The van der Waals surface area contributed by atoms with Crippen molar-refractivity contribution in [3.8, 4) is 16.3 Å². The number of rotatable bonds is 6. The minimum atomic E-state index is -0.155. The van der Waals surface area contributed by atoms with Crippen LogP contribution < -0.4 is 10.1 Å². The molecule has 3 aromatic rings. The van der Waals surface area contributed by atoms with Gasteiger partial charge >= 0.3 is 0 Å². The summed E-state index contributed by atoms with van der Waals surface area (Å²) in [5.74, 6) is 0.542. The van der Waals surface area contributed by atoms with Crippen molar-refractivity contribution in [3.05, 3.63) is 64.9 Å². The Labute approximate surface area is 150 Å². The molecule has 0 bridgehead atoms. The molecular weight excluding hydrogens is 334 g/mol. The predicted molar refractivity (Wildman–Crippen MR) is 98.6 cm³/mol. The monoisotopic (exact) mass is 353 g/mol. The van der Waals surface area contributed by atoms with Gasteiger partial charge in [-0.05, 0) is 43.7 Å². The fraction of sp³-hybridized carbons (Fsp3) is 0.211. The lowest BCUT2D eigenvalue weighted by Gasteiger charge is -2.07. The third-order valence-electron chi connectivity index (χ3n) is 3.61. The number of aryl methyl sites for hydroxylation is 2. The lowest BCUT2D eigenvalue weighted by atomic mass is 10.2. The first kappa shape index (κ1) is 17.1. The van der Waals surface area contributed by atoms with Crippen LogP contribution in [-0.4, -0.2) is 22.5 Å². The number of amides is 1. The molecule has 0 saturated carbocycles. The van der Waals surface area contributed by atoms with Crippen molar-refractivity contribution in [1.29, 1.82) is 0 Å². The van der Waals surface area contributed by atoms with Gasteiger partial charge in [-0.1, -0.05) is 12.1 Å². The van der Waals surface area contributed by atoms with Crippen LogP contribution in [0, 0.1) is 13.8 Å². The minimum absolute atomic E-state index is 0.00321. The Bertz CT molecular complexity index is 862. The van der Waals surface area contributed by atoms with Gasteiger partial charge in [0.15, 0.2) is 6.61 Å². The average Bonchev–Trinajstić information content (AvgIpc) is 3.00. The zero-order chi connectivity index (χ0) is 17.6. The summed E-state index contributed by atoms with van der Waals surface area (Å²) in [6.07, 6.45) is 3.52. The van der Waals surface area contributed by atoms with Crippen LogP contribution in [0.15, 0.2) is 48.8 Å². The summed E-state index contributed by atoms with van der Waals surface area (Å²) in [6.45, 7) is 4.37. The highest BCUT2D eigenvalue weighted by atomic mass is 32.1. The Morgan fingerprint density at radius 2 is 2.12 bits per heavy atom. The van der Waals surface area contributed by atoms with E-state index in [1.54, 1.807) is 23.7 Å². The molecule has 6 heteroatoms. The molecule has 25 heavy (non-hydrogen) atoms. The lowest BCUT2D eigenvalue weighted by Crippen LogP contribution is -2.28. The maximum atomic E-state index is 12.0. The van der Waals surface area contributed by atoms with E-state index in [-0.39, 0.29) is 12.5 Å². The van der Waals surface area contributed by atoms with Gasteiger partial charge in [0.1, 0.15) is 10.8 Å². The molecule has 0 aliphatic heterocycles. The summed E-state index contributed by atoms with van der Waals surface area (Å²) in [4.78, 5) is 21.7. The van der Waals surface area contributed by atoms with Gasteiger partial charge in [-0.15, -0.1) is 11.3 Å². The van der Waals surface area contributed by atoms with Crippen LogP contribution in [0.2, 0.25) is 0 Å². The fourth-order valence-corrected chi connectivity index (χ4v) is 3.28. The molecule has 0 spiro atoms. The molecule has 0 fully saturated rings. The molecule has 1 aromatic carbocycles. The third-order valence-corrected chi connectivity index (χ3v) is 4.81. The van der Waals surface area contributed by atoms with Gasteiger partial charge in [-0.2, -0.15) is 0 Å². The lowest BCUT2D eigenvalue weighted by molar-refractivity contribution is -0.123. The van der Waals surface area contributed by atoms with Crippen molar-refractivity contribution >= 4 is 17.2 Å². The molecule has 0 radical (unpaired) electrons. The van der Waals surface area contributed by atoms with Crippen LogP contribution in [0.5, 0.6) is 5.75 Å². The number of hydrogen-bond acceptors (Lipinski definition) is 5. The van der Waals surface area contributed by atoms with Crippen LogP contribution in [0.1, 0.15) is 16.1 Å². The van der Waals surface area contributed by atoms with E-state index in [0.717, 1.165) is 26.7 Å². The second kappa shape index (κ2) is 7.90. The van der Waals surface area contributed by atoms with E-state index in [2.05, 4.69) is 15.3 Å². The molecule has 1 N–H and O–H groups in total. The van der Waals surface area contributed by atoms with Gasteiger partial charge in [0.2, 0.25) is 0 Å². The maximum Gasteiger partial charge on any atom is 0.258 e. The highest BCUT2D eigenvalue weighted by Crippen LogP contribution is 2.27. The zero-order valence-electron chi connectivity index (χ0n) is 14.2. The molecule has 3 rings (SSSR count). The van der Waals surface area contributed by atoms with Crippen molar-refractivity contribution in [1.82, 2.24) is 15.3 Å². The van der Waals surface area contributed by atoms with Crippen molar-refractivity contribution in [3.63, 3.8) is 0 Å². The van der Waals surface area contributed by atoms with Crippen LogP contribution in [0.25, 0.3) is 10.6 Å². The van der Waals surface area contributed by atoms with Crippen LogP contribution in [0.4, 0.5) is 0 Å². The first-order chi connectivity index (χ1) is 12.1. The third kappa shape index (κ3) is 4.64. The van der Waals surface area contributed by atoms with Crippen molar-refractivity contribution in [2.24, 2.45) is 0 Å². The molecule has 0 atom stereocenters. The number of thiazole rings is 1. The molecule has 1 amide bonds. The van der Waals surface area contributed by atoms with E-state index in [1.807, 2.05) is 50.2 Å². The first-order valence-electron chi connectivity index (χ1n) is 7.94. The van der Waals surface area contributed by atoms with Crippen molar-refractivity contribution in [2.45, 2.75) is 20.4 Å². The van der Waals surface area contributed by atoms with Gasteiger partial charge in [-0.25, -0.2) is 4.98 Å². The van der Waals surface area contributed by atoms with Crippen molar-refractivity contribution in [2.75, 3.05) is 6.61 Å². The summed E-state index contributed by atoms with van der Waals surface area (Å²) >= 11 is 1.56. The Kier molecular flexibility index (Phi) is 5.40. The van der Waals surface area contributed by atoms with Crippen LogP contribution in [0.3, 0.4) is 0 Å². The van der Waals surface area contributed by atoms with E-state index >= 15 is 0 Å². The van der Waals surface area contributed by atoms with Gasteiger partial charge in [0.05, 0.1) is 12.2 Å². The number of pyridine rings is 1. The summed E-state index contributed by atoms with van der Waals surface area (Å²) in [6, 6.07) is 11.5. The molecular formula is C19H19N3O2S. The maximum absolute atomic E-state index is 12.0. The van der Waals surface area contributed by atoms with Gasteiger partial charge in [-0.3, -0.25) is 9.78 Å². The Balaban J connectivity index is 1.55. The quantitative estimate of drug-likeness (QED) is 0.736. The number of benzene rings is 1. The number of carbonyl (C=O) groups excluding carboxylic acids is 1. The molecule has 0 aliphatic rings. The number of ether oxygens (including phenoxy) is 1. The van der Waals surface area contributed by atoms with Crippen molar-refractivity contribution < 1.29 is 9.53 Å². The molecule has 0 unspecified atom stereocenters. The van der Waals surface area contributed by atoms with Crippen LogP contribution in [-0.2, 0) is 11.3 Å². The van der Waals surface area contributed by atoms with E-state index in [9.17, 15) is 4.79 Å². The van der Waals surface area contributed by atoms with E-state index in [1.165, 1.54) is 0 Å². The SMILES string of the molecule is Cc1cccc(OCC(=O)NCc2sc(-c3cccnc3)nc2C)c1. The second-order valence-corrected chi connectivity index (χ2v) is 6.73. The standard InChI is InChI=1S/C19H19N3O2S/c1-13-5-3-7-16(9-13)24-12-18(23)21-11-17-14(2)22-19(25-17)15-6-4-8-20-10-15/h3-10H,11-12H2,1-2H3,(H,21,23). The Hall–Kier alpha value is -2.73. The number of nitrogens with zero attached hydrogens (tertiary/aromatic N) is 2. The normalized spacial score (nSPS) is 10.5. The van der Waals surface area contributed by atoms with Gasteiger partial charge in [0, 0.05) is 22.8 Å². The molecule has 2 heterocycles. The molecule has 128 valence electrons. The molecule has 0 aliphatic carbocycles. The highest BCUT2D eigenvalue weighted by molar-refractivity contribution is 7.15. The smallest absolute Gasteiger partial charge is 0.258 e. The van der Waals surface area contributed by atoms with E-state index in [0.29, 0.717) is 12.3 Å².